The van der Waals surface area contributed by atoms with Crippen LogP contribution in [0.15, 0.2) is 72.9 Å². The summed E-state index contributed by atoms with van der Waals surface area (Å²) in [6.07, 6.45) is 4.29. The Morgan fingerprint density at radius 2 is 1.68 bits per heavy atom. The summed E-state index contributed by atoms with van der Waals surface area (Å²) >= 11 is 0. The molecule has 1 aliphatic rings. The van der Waals surface area contributed by atoms with E-state index in [1.165, 1.54) is 11.4 Å². The molecule has 5 rings (SSSR count). The van der Waals surface area contributed by atoms with Crippen LogP contribution in [-0.4, -0.2) is 25.8 Å². The van der Waals surface area contributed by atoms with Gasteiger partial charge in [0, 0.05) is 48.6 Å². The lowest BCUT2D eigenvalue weighted by Crippen LogP contribution is -2.36. The zero-order chi connectivity index (χ0) is 18.8. The van der Waals surface area contributed by atoms with Crippen molar-refractivity contribution in [3.05, 3.63) is 84.4 Å². The molecule has 0 saturated heterocycles. The first-order valence-electron chi connectivity index (χ1n) is 9.80. The van der Waals surface area contributed by atoms with E-state index in [-0.39, 0.29) is 0 Å². The Labute approximate surface area is 164 Å². The number of aromatic amines is 1. The molecule has 5 nitrogen and oxygen atoms in total. The van der Waals surface area contributed by atoms with Crippen LogP contribution in [0.4, 0.5) is 0 Å². The van der Waals surface area contributed by atoms with E-state index < -0.39 is 0 Å². The highest BCUT2D eigenvalue weighted by Gasteiger charge is 2.20. The number of nitrogens with zero attached hydrogens (tertiary/aromatic N) is 3. The number of benzene rings is 2. The van der Waals surface area contributed by atoms with Crippen molar-refractivity contribution < 1.29 is 0 Å². The minimum Gasteiger partial charge on any atom is -0.333 e. The van der Waals surface area contributed by atoms with E-state index in [1.54, 1.807) is 0 Å². The molecule has 2 aromatic heterocycles. The van der Waals surface area contributed by atoms with Crippen LogP contribution in [0.2, 0.25) is 0 Å². The van der Waals surface area contributed by atoms with Gasteiger partial charge in [-0.1, -0.05) is 60.7 Å². The molecular weight excluding hydrogens is 346 g/mol. The Bertz CT molecular complexity index is 1050. The number of fused-ring (bicyclic) bond motifs is 1. The van der Waals surface area contributed by atoms with E-state index in [9.17, 15) is 0 Å². The fraction of sp³-hybridized carbons (Fsp3) is 0.217. The number of aryl methyl sites for hydroxylation is 1. The number of hydrogen-bond donors (Lipinski definition) is 2. The molecule has 0 radical (unpaired) electrons. The van der Waals surface area contributed by atoms with Gasteiger partial charge < -0.3 is 9.88 Å². The first-order valence-corrected chi connectivity index (χ1v) is 9.80. The van der Waals surface area contributed by atoms with Crippen LogP contribution >= 0.6 is 0 Å². The first-order chi connectivity index (χ1) is 13.8. The molecule has 1 unspecified atom stereocenters. The summed E-state index contributed by atoms with van der Waals surface area (Å²) in [6.45, 7) is 1.74. The van der Waals surface area contributed by atoms with Gasteiger partial charge >= 0.3 is 0 Å². The largest absolute Gasteiger partial charge is 0.333 e. The molecule has 3 heterocycles. The van der Waals surface area contributed by atoms with E-state index in [1.807, 2.05) is 24.3 Å². The Morgan fingerprint density at radius 3 is 2.43 bits per heavy atom. The molecule has 0 fully saturated rings. The highest BCUT2D eigenvalue weighted by molar-refractivity contribution is 5.59. The van der Waals surface area contributed by atoms with Crippen molar-refractivity contribution in [3.8, 4) is 22.5 Å². The number of aromatic nitrogens is 4. The van der Waals surface area contributed by atoms with Gasteiger partial charge in [-0.15, -0.1) is 0 Å². The lowest BCUT2D eigenvalue weighted by atomic mass is 10.1. The van der Waals surface area contributed by atoms with Gasteiger partial charge in [-0.3, -0.25) is 5.10 Å². The van der Waals surface area contributed by atoms with Crippen molar-refractivity contribution in [2.75, 3.05) is 0 Å². The van der Waals surface area contributed by atoms with Crippen LogP contribution in [0.25, 0.3) is 22.5 Å². The molecule has 0 spiro atoms. The van der Waals surface area contributed by atoms with E-state index in [0.717, 1.165) is 48.6 Å². The number of nitrogens with one attached hydrogen (secondary N) is 2. The lowest BCUT2D eigenvalue weighted by Gasteiger charge is -2.24. The van der Waals surface area contributed by atoms with Crippen molar-refractivity contribution in [1.29, 1.82) is 0 Å². The SMILES string of the molecule is c1ccc(-c2cc(CNC3CCc4nc(-c5ccccc5)cn4C3)[nH]n2)cc1. The molecule has 28 heavy (non-hydrogen) atoms. The Balaban J connectivity index is 1.23. The van der Waals surface area contributed by atoms with E-state index in [0.29, 0.717) is 6.04 Å². The van der Waals surface area contributed by atoms with Crippen LogP contribution < -0.4 is 5.32 Å². The predicted molar refractivity (Wildman–Crippen MR) is 111 cm³/mol. The molecular formula is C23H23N5. The molecule has 4 aromatic rings. The van der Waals surface area contributed by atoms with Crippen LogP contribution in [0.1, 0.15) is 17.9 Å². The number of rotatable bonds is 5. The summed E-state index contributed by atoms with van der Waals surface area (Å²) in [7, 11) is 0. The lowest BCUT2D eigenvalue weighted by molar-refractivity contribution is 0.377. The molecule has 2 N–H and O–H groups in total. The number of H-pyrrole nitrogens is 1. The normalized spacial score (nSPS) is 16.1. The monoisotopic (exact) mass is 369 g/mol. The van der Waals surface area contributed by atoms with Crippen LogP contribution in [0, 0.1) is 0 Å². The maximum Gasteiger partial charge on any atom is 0.109 e. The van der Waals surface area contributed by atoms with Crippen molar-refractivity contribution in [2.24, 2.45) is 0 Å². The Kier molecular flexibility index (Phi) is 4.51. The Hall–Kier alpha value is -3.18. The third-order valence-corrected chi connectivity index (χ3v) is 5.34. The summed E-state index contributed by atoms with van der Waals surface area (Å²) in [6, 6.07) is 23.2. The van der Waals surface area contributed by atoms with Gasteiger partial charge in [0.2, 0.25) is 0 Å². The van der Waals surface area contributed by atoms with Gasteiger partial charge in [0.05, 0.1) is 11.4 Å². The molecule has 2 aromatic carbocycles. The standard InChI is InChI=1S/C23H23N5/c1-3-7-17(8-4-1)21-13-20(26-27-21)14-24-19-11-12-23-25-22(16-28(23)15-19)18-9-5-2-6-10-18/h1-10,13,16,19,24H,11-12,14-15H2,(H,26,27). The summed E-state index contributed by atoms with van der Waals surface area (Å²) in [5, 5.41) is 11.3. The topological polar surface area (TPSA) is 58.5 Å². The molecule has 0 amide bonds. The van der Waals surface area contributed by atoms with Gasteiger partial charge in [0.15, 0.2) is 0 Å². The molecule has 0 bridgehead atoms. The zero-order valence-electron chi connectivity index (χ0n) is 15.7. The van der Waals surface area contributed by atoms with Gasteiger partial charge in [0.25, 0.3) is 0 Å². The fourth-order valence-electron chi connectivity index (χ4n) is 3.82. The smallest absolute Gasteiger partial charge is 0.109 e. The summed E-state index contributed by atoms with van der Waals surface area (Å²) < 4.78 is 2.30. The molecule has 5 heteroatoms. The molecule has 1 aliphatic heterocycles. The minimum atomic E-state index is 0.439. The average molecular weight is 369 g/mol. The van der Waals surface area contributed by atoms with E-state index >= 15 is 0 Å². The highest BCUT2D eigenvalue weighted by atomic mass is 15.1. The van der Waals surface area contributed by atoms with Crippen LogP contribution in [-0.2, 0) is 19.5 Å². The second-order valence-corrected chi connectivity index (χ2v) is 7.32. The molecule has 140 valence electrons. The van der Waals surface area contributed by atoms with E-state index in [2.05, 4.69) is 68.7 Å². The maximum atomic E-state index is 4.83. The van der Waals surface area contributed by atoms with Crippen LogP contribution in [0.3, 0.4) is 0 Å². The third kappa shape index (κ3) is 3.49. The third-order valence-electron chi connectivity index (χ3n) is 5.34. The van der Waals surface area contributed by atoms with Gasteiger partial charge in [-0.05, 0) is 12.5 Å². The summed E-state index contributed by atoms with van der Waals surface area (Å²) in [5.74, 6) is 1.19. The Morgan fingerprint density at radius 1 is 0.964 bits per heavy atom. The quantitative estimate of drug-likeness (QED) is 0.558. The minimum absolute atomic E-state index is 0.439. The number of hydrogen-bond acceptors (Lipinski definition) is 3. The zero-order valence-corrected chi connectivity index (χ0v) is 15.7. The van der Waals surface area contributed by atoms with Gasteiger partial charge in [-0.2, -0.15) is 5.10 Å². The van der Waals surface area contributed by atoms with Gasteiger partial charge in [0.1, 0.15) is 5.82 Å². The fourth-order valence-corrected chi connectivity index (χ4v) is 3.82. The van der Waals surface area contributed by atoms with E-state index in [4.69, 9.17) is 4.98 Å². The van der Waals surface area contributed by atoms with Gasteiger partial charge in [-0.25, -0.2) is 4.98 Å². The maximum absolute atomic E-state index is 4.83. The molecule has 0 saturated carbocycles. The molecule has 0 aliphatic carbocycles. The van der Waals surface area contributed by atoms with Crippen molar-refractivity contribution in [1.82, 2.24) is 25.1 Å². The number of imidazole rings is 1. The second-order valence-electron chi connectivity index (χ2n) is 7.32. The average Bonchev–Trinajstić information content (AvgIpc) is 3.40. The van der Waals surface area contributed by atoms with Crippen molar-refractivity contribution >= 4 is 0 Å². The van der Waals surface area contributed by atoms with Crippen molar-refractivity contribution in [3.63, 3.8) is 0 Å². The highest BCUT2D eigenvalue weighted by Crippen LogP contribution is 2.23. The summed E-state index contributed by atoms with van der Waals surface area (Å²) in [5.41, 5.74) is 5.49. The second kappa shape index (κ2) is 7.44. The van der Waals surface area contributed by atoms with Crippen LogP contribution in [0.5, 0.6) is 0 Å². The predicted octanol–water partition coefficient (Wildman–Crippen LogP) is 4.04. The van der Waals surface area contributed by atoms with Crippen molar-refractivity contribution in [2.45, 2.75) is 32.0 Å². The molecule has 1 atom stereocenters. The summed E-state index contributed by atoms with van der Waals surface area (Å²) in [4.78, 5) is 4.83. The first kappa shape index (κ1) is 17.0.